The lowest BCUT2D eigenvalue weighted by Gasteiger charge is -2.26. The zero-order valence-corrected chi connectivity index (χ0v) is 24.3. The van der Waals surface area contributed by atoms with Crippen LogP contribution in [-0.2, 0) is 30.5 Å². The SMILES string of the molecule is CC(C)C[C@@H](CC(=O)OCc1ccccc1)NC(=O)[C@@H](C)CNC(=O)C[C@@H](NC(=O)OC(C)(C)C)C(C)C. The summed E-state index contributed by atoms with van der Waals surface area (Å²) in [5.41, 5.74) is 0.263. The van der Waals surface area contributed by atoms with Gasteiger partial charge in [-0.1, -0.05) is 65.0 Å². The van der Waals surface area contributed by atoms with Crippen molar-refractivity contribution in [2.45, 2.75) is 98.9 Å². The highest BCUT2D eigenvalue weighted by atomic mass is 16.6. The minimum atomic E-state index is -0.636. The van der Waals surface area contributed by atoms with Crippen LogP contribution in [-0.4, -0.2) is 48.1 Å². The van der Waals surface area contributed by atoms with Crippen molar-refractivity contribution >= 4 is 23.9 Å². The van der Waals surface area contributed by atoms with Gasteiger partial charge in [0.05, 0.1) is 12.3 Å². The molecule has 214 valence electrons. The number of benzene rings is 1. The van der Waals surface area contributed by atoms with Crippen molar-refractivity contribution in [2.75, 3.05) is 6.54 Å². The number of esters is 1. The fourth-order valence-corrected chi connectivity index (χ4v) is 3.65. The molecular weight excluding hydrogens is 486 g/mol. The molecule has 0 saturated heterocycles. The molecule has 0 aliphatic heterocycles. The van der Waals surface area contributed by atoms with Gasteiger partial charge in [-0.2, -0.15) is 0 Å². The van der Waals surface area contributed by atoms with Crippen LogP contribution in [0.5, 0.6) is 0 Å². The van der Waals surface area contributed by atoms with Gasteiger partial charge >= 0.3 is 12.1 Å². The van der Waals surface area contributed by atoms with Gasteiger partial charge in [0.15, 0.2) is 0 Å². The van der Waals surface area contributed by atoms with Crippen molar-refractivity contribution < 1.29 is 28.7 Å². The second-order valence-corrected chi connectivity index (χ2v) is 11.6. The molecule has 3 atom stereocenters. The van der Waals surface area contributed by atoms with Crippen LogP contribution in [0.4, 0.5) is 4.79 Å². The summed E-state index contributed by atoms with van der Waals surface area (Å²) in [5.74, 6) is -1.14. The third-order valence-corrected chi connectivity index (χ3v) is 5.72. The highest BCUT2D eigenvalue weighted by molar-refractivity contribution is 5.82. The molecule has 38 heavy (non-hydrogen) atoms. The Balaban J connectivity index is 2.56. The molecule has 0 fully saturated rings. The molecule has 3 amide bonds. The van der Waals surface area contributed by atoms with Crippen molar-refractivity contribution in [2.24, 2.45) is 17.8 Å². The van der Waals surface area contributed by atoms with Gasteiger partial charge in [-0.05, 0) is 44.6 Å². The van der Waals surface area contributed by atoms with E-state index in [1.54, 1.807) is 27.7 Å². The zero-order valence-electron chi connectivity index (χ0n) is 24.3. The lowest BCUT2D eigenvalue weighted by atomic mass is 9.99. The van der Waals surface area contributed by atoms with E-state index in [-0.39, 0.29) is 61.7 Å². The van der Waals surface area contributed by atoms with Crippen LogP contribution in [0.3, 0.4) is 0 Å². The maximum Gasteiger partial charge on any atom is 0.407 e. The second kappa shape index (κ2) is 16.0. The minimum Gasteiger partial charge on any atom is -0.461 e. The zero-order chi connectivity index (χ0) is 28.9. The molecular formula is C29H47N3O6. The Kier molecular flexibility index (Phi) is 13.9. The third-order valence-electron chi connectivity index (χ3n) is 5.72. The summed E-state index contributed by atoms with van der Waals surface area (Å²) in [5, 5.41) is 8.48. The van der Waals surface area contributed by atoms with Gasteiger partial charge in [0.1, 0.15) is 12.2 Å². The van der Waals surface area contributed by atoms with Crippen LogP contribution in [0, 0.1) is 17.8 Å². The number of amides is 3. The Bertz CT molecular complexity index is 895. The number of hydrogen-bond acceptors (Lipinski definition) is 6. The second-order valence-electron chi connectivity index (χ2n) is 11.6. The average Bonchev–Trinajstić information content (AvgIpc) is 2.79. The van der Waals surface area contributed by atoms with Gasteiger partial charge in [-0.25, -0.2) is 4.79 Å². The Morgan fingerprint density at radius 3 is 2.08 bits per heavy atom. The van der Waals surface area contributed by atoms with E-state index in [4.69, 9.17) is 9.47 Å². The predicted octanol–water partition coefficient (Wildman–Crippen LogP) is 4.34. The first kappa shape index (κ1) is 32.9. The molecule has 0 aliphatic carbocycles. The number of ether oxygens (including phenoxy) is 2. The van der Waals surface area contributed by atoms with E-state index in [1.807, 2.05) is 58.0 Å². The number of hydrogen-bond donors (Lipinski definition) is 3. The number of carbonyl (C=O) groups excluding carboxylic acids is 4. The molecule has 3 N–H and O–H groups in total. The predicted molar refractivity (Wildman–Crippen MR) is 147 cm³/mol. The Hall–Kier alpha value is -3.10. The van der Waals surface area contributed by atoms with Gasteiger partial charge < -0.3 is 25.4 Å². The van der Waals surface area contributed by atoms with Gasteiger partial charge in [0, 0.05) is 25.0 Å². The quantitative estimate of drug-likeness (QED) is 0.306. The van der Waals surface area contributed by atoms with Crippen LogP contribution < -0.4 is 16.0 Å². The van der Waals surface area contributed by atoms with E-state index in [9.17, 15) is 19.2 Å². The van der Waals surface area contributed by atoms with E-state index in [1.165, 1.54) is 0 Å². The summed E-state index contributed by atoms with van der Waals surface area (Å²) < 4.78 is 10.7. The fraction of sp³-hybridized carbons (Fsp3) is 0.655. The number of carbonyl (C=O) groups is 4. The maximum atomic E-state index is 12.8. The molecule has 1 aromatic carbocycles. The highest BCUT2D eigenvalue weighted by Crippen LogP contribution is 2.13. The molecule has 9 heteroatoms. The molecule has 0 saturated carbocycles. The van der Waals surface area contributed by atoms with E-state index < -0.39 is 23.7 Å². The van der Waals surface area contributed by atoms with Crippen LogP contribution >= 0.6 is 0 Å². The van der Waals surface area contributed by atoms with E-state index in [0.29, 0.717) is 6.42 Å². The summed E-state index contributed by atoms with van der Waals surface area (Å²) >= 11 is 0. The van der Waals surface area contributed by atoms with Crippen LogP contribution in [0.25, 0.3) is 0 Å². The largest absolute Gasteiger partial charge is 0.461 e. The first-order chi connectivity index (χ1) is 17.7. The molecule has 0 aromatic heterocycles. The monoisotopic (exact) mass is 533 g/mol. The van der Waals surface area contributed by atoms with E-state index >= 15 is 0 Å². The lowest BCUT2D eigenvalue weighted by molar-refractivity contribution is -0.145. The number of rotatable bonds is 14. The average molecular weight is 534 g/mol. The molecule has 1 aromatic rings. The Labute approximate surface area is 227 Å². The number of alkyl carbamates (subject to hydrolysis) is 1. The number of nitrogens with one attached hydrogen (secondary N) is 3. The molecule has 9 nitrogen and oxygen atoms in total. The summed E-state index contributed by atoms with van der Waals surface area (Å²) in [4.78, 5) is 49.9. The van der Waals surface area contributed by atoms with Crippen molar-refractivity contribution in [3.8, 4) is 0 Å². The van der Waals surface area contributed by atoms with Crippen molar-refractivity contribution in [1.29, 1.82) is 0 Å². The summed E-state index contributed by atoms with van der Waals surface area (Å²) in [6.07, 6.45) is 0.184. The van der Waals surface area contributed by atoms with Crippen molar-refractivity contribution in [1.82, 2.24) is 16.0 Å². The Morgan fingerprint density at radius 2 is 1.53 bits per heavy atom. The van der Waals surface area contributed by atoms with Crippen LogP contribution in [0.1, 0.15) is 80.2 Å². The van der Waals surface area contributed by atoms with Gasteiger partial charge in [0.25, 0.3) is 0 Å². The summed E-state index contributed by atoms with van der Waals surface area (Å²) in [7, 11) is 0. The van der Waals surface area contributed by atoms with E-state index in [2.05, 4.69) is 16.0 Å². The lowest BCUT2D eigenvalue weighted by Crippen LogP contribution is -2.46. The van der Waals surface area contributed by atoms with Crippen LogP contribution in [0.15, 0.2) is 30.3 Å². The molecule has 1 rings (SSSR count). The smallest absolute Gasteiger partial charge is 0.407 e. The molecule has 0 bridgehead atoms. The summed E-state index contributed by atoms with van der Waals surface area (Å²) in [6, 6.07) is 8.64. The van der Waals surface area contributed by atoms with Gasteiger partial charge in [-0.15, -0.1) is 0 Å². The standard InChI is InChI=1S/C29H47N3O6/c1-19(2)14-23(15-26(34)37-18-22-12-10-9-11-13-22)31-27(35)21(5)17-30-25(33)16-24(20(3)4)32-28(36)38-29(6,7)8/h9-13,19-21,23-24H,14-18H2,1-8H3,(H,30,33)(H,31,35)(H,32,36)/t21-,23-,24+/m0/s1. The fourth-order valence-electron chi connectivity index (χ4n) is 3.65. The third kappa shape index (κ3) is 14.6. The van der Waals surface area contributed by atoms with Crippen molar-refractivity contribution in [3.05, 3.63) is 35.9 Å². The van der Waals surface area contributed by atoms with Gasteiger partial charge in [-0.3, -0.25) is 14.4 Å². The summed E-state index contributed by atoms with van der Waals surface area (Å²) in [6.45, 7) is 15.2. The Morgan fingerprint density at radius 1 is 0.895 bits per heavy atom. The first-order valence-corrected chi connectivity index (χ1v) is 13.4. The molecule has 0 radical (unpaired) electrons. The van der Waals surface area contributed by atoms with Gasteiger partial charge in [0.2, 0.25) is 11.8 Å². The molecule has 0 heterocycles. The van der Waals surface area contributed by atoms with E-state index in [0.717, 1.165) is 5.56 Å². The molecule has 0 unspecified atom stereocenters. The topological polar surface area (TPSA) is 123 Å². The highest BCUT2D eigenvalue weighted by Gasteiger charge is 2.25. The normalized spacial score (nSPS) is 13.8. The first-order valence-electron chi connectivity index (χ1n) is 13.4. The minimum absolute atomic E-state index is 0.00688. The van der Waals surface area contributed by atoms with Crippen LogP contribution in [0.2, 0.25) is 0 Å². The van der Waals surface area contributed by atoms with Crippen molar-refractivity contribution in [3.63, 3.8) is 0 Å². The molecule has 0 spiro atoms. The maximum absolute atomic E-state index is 12.8. The molecule has 0 aliphatic rings.